The van der Waals surface area contributed by atoms with E-state index in [0.717, 1.165) is 28.4 Å². The number of aryl methyl sites for hydroxylation is 2. The third-order valence-electron chi connectivity index (χ3n) is 4.49. The number of thioether (sulfide) groups is 1. The van der Waals surface area contributed by atoms with E-state index >= 15 is 0 Å². The molecule has 0 saturated carbocycles. The summed E-state index contributed by atoms with van der Waals surface area (Å²) in [4.78, 5) is 14.3. The van der Waals surface area contributed by atoms with Gasteiger partial charge in [0.25, 0.3) is 0 Å². The lowest BCUT2D eigenvalue weighted by Gasteiger charge is -2.17. The van der Waals surface area contributed by atoms with E-state index in [4.69, 9.17) is 0 Å². The van der Waals surface area contributed by atoms with Gasteiger partial charge in [-0.2, -0.15) is 0 Å². The number of para-hydroxylation sites is 1. The average molecular weight is 381 g/mol. The van der Waals surface area contributed by atoms with Crippen LogP contribution in [0.3, 0.4) is 0 Å². The molecule has 0 unspecified atom stereocenters. The Bertz CT molecular complexity index is 905. The molecule has 0 aliphatic heterocycles. The maximum Gasteiger partial charge on any atom is 0.233 e. The number of carbonyl (C=O) groups excluding carboxylic acids is 1. The summed E-state index contributed by atoms with van der Waals surface area (Å²) in [5.41, 5.74) is 4.61. The van der Waals surface area contributed by atoms with Gasteiger partial charge in [-0.25, -0.2) is 0 Å². The molecular weight excluding hydrogens is 356 g/mol. The third-order valence-corrected chi connectivity index (χ3v) is 5.42. The molecule has 3 aromatic rings. The highest BCUT2D eigenvalue weighted by atomic mass is 32.2. The number of hydrogen-bond acceptors (Lipinski definition) is 4. The smallest absolute Gasteiger partial charge is 0.233 e. The summed E-state index contributed by atoms with van der Waals surface area (Å²) < 4.78 is 1.93. The highest BCUT2D eigenvalue weighted by Gasteiger charge is 2.14. The third kappa shape index (κ3) is 4.77. The fourth-order valence-electron chi connectivity index (χ4n) is 2.80. The highest BCUT2D eigenvalue weighted by molar-refractivity contribution is 7.99. The molecule has 27 heavy (non-hydrogen) atoms. The Labute approximate surface area is 164 Å². The van der Waals surface area contributed by atoms with Gasteiger partial charge in [0.1, 0.15) is 6.33 Å². The van der Waals surface area contributed by atoms with E-state index in [-0.39, 0.29) is 5.91 Å². The molecule has 0 N–H and O–H groups in total. The zero-order valence-electron chi connectivity index (χ0n) is 15.9. The van der Waals surface area contributed by atoms with Gasteiger partial charge in [0, 0.05) is 13.6 Å². The van der Waals surface area contributed by atoms with Crippen molar-refractivity contribution in [1.82, 2.24) is 19.7 Å². The minimum absolute atomic E-state index is 0.0684. The first-order chi connectivity index (χ1) is 13.1. The maximum absolute atomic E-state index is 12.5. The lowest BCUT2D eigenvalue weighted by Crippen LogP contribution is -2.27. The van der Waals surface area contributed by atoms with Crippen LogP contribution in [-0.4, -0.2) is 38.4 Å². The van der Waals surface area contributed by atoms with Gasteiger partial charge in [-0.1, -0.05) is 61.2 Å². The monoisotopic (exact) mass is 380 g/mol. The van der Waals surface area contributed by atoms with Crippen LogP contribution in [0.1, 0.15) is 23.6 Å². The zero-order valence-corrected chi connectivity index (χ0v) is 16.7. The van der Waals surface area contributed by atoms with Crippen LogP contribution in [0.25, 0.3) is 5.69 Å². The largest absolute Gasteiger partial charge is 0.341 e. The summed E-state index contributed by atoms with van der Waals surface area (Å²) in [7, 11) is 1.84. The summed E-state index contributed by atoms with van der Waals surface area (Å²) in [5.74, 6) is 0.396. The molecule has 0 radical (unpaired) electrons. The molecular formula is C21H24N4OS. The average Bonchev–Trinajstić information content (AvgIpc) is 3.15. The Kier molecular flexibility index (Phi) is 6.29. The van der Waals surface area contributed by atoms with E-state index in [1.165, 1.54) is 17.3 Å². The maximum atomic E-state index is 12.5. The van der Waals surface area contributed by atoms with Crippen LogP contribution >= 0.6 is 11.8 Å². The molecule has 0 atom stereocenters. The number of rotatable bonds is 7. The van der Waals surface area contributed by atoms with Crippen molar-refractivity contribution >= 4 is 17.7 Å². The van der Waals surface area contributed by atoms with Crippen LogP contribution < -0.4 is 0 Å². The Balaban J connectivity index is 1.61. The van der Waals surface area contributed by atoms with E-state index in [2.05, 4.69) is 41.4 Å². The first-order valence-electron chi connectivity index (χ1n) is 8.99. The van der Waals surface area contributed by atoms with Gasteiger partial charge in [-0.3, -0.25) is 9.36 Å². The van der Waals surface area contributed by atoms with Crippen LogP contribution in [-0.2, 0) is 17.8 Å². The van der Waals surface area contributed by atoms with Crippen molar-refractivity contribution in [3.05, 3.63) is 71.5 Å². The molecule has 1 amide bonds. The number of nitrogens with zero attached hydrogens (tertiary/aromatic N) is 4. The number of amides is 1. The van der Waals surface area contributed by atoms with Crippen molar-refractivity contribution in [1.29, 1.82) is 0 Å². The van der Waals surface area contributed by atoms with Crippen LogP contribution in [0.15, 0.2) is 60.0 Å². The molecule has 0 spiro atoms. The van der Waals surface area contributed by atoms with Crippen molar-refractivity contribution in [2.75, 3.05) is 12.8 Å². The summed E-state index contributed by atoms with van der Waals surface area (Å²) in [5, 5.41) is 8.91. The summed E-state index contributed by atoms with van der Waals surface area (Å²) in [6.07, 6.45) is 2.71. The second kappa shape index (κ2) is 8.86. The molecule has 0 saturated heterocycles. The van der Waals surface area contributed by atoms with Gasteiger partial charge in [-0.05, 0) is 36.1 Å². The highest BCUT2D eigenvalue weighted by Crippen LogP contribution is 2.22. The predicted octanol–water partition coefficient (Wildman–Crippen LogP) is 3.89. The van der Waals surface area contributed by atoms with E-state index in [1.54, 1.807) is 11.2 Å². The second-order valence-electron chi connectivity index (χ2n) is 6.48. The fraction of sp³-hybridized carbons (Fsp3) is 0.286. The number of carbonyl (C=O) groups is 1. The first kappa shape index (κ1) is 19.2. The van der Waals surface area contributed by atoms with E-state index < -0.39 is 0 Å². The molecule has 1 heterocycles. The van der Waals surface area contributed by atoms with Gasteiger partial charge in [0.05, 0.1) is 11.4 Å². The standard InChI is InChI=1S/C21H24N4OS/c1-4-17-9-11-18(12-10-17)13-24(3)20(26)14-27-21-23-22-15-25(21)19-8-6-5-7-16(19)2/h5-12,15H,4,13-14H2,1-3H3. The Hall–Kier alpha value is -2.60. The molecule has 6 heteroatoms. The van der Waals surface area contributed by atoms with Gasteiger partial charge in [0.2, 0.25) is 5.91 Å². The second-order valence-corrected chi connectivity index (χ2v) is 7.42. The minimum atomic E-state index is 0.0684. The lowest BCUT2D eigenvalue weighted by atomic mass is 10.1. The van der Waals surface area contributed by atoms with E-state index in [9.17, 15) is 4.79 Å². The SMILES string of the molecule is CCc1ccc(CN(C)C(=O)CSc2nncn2-c2ccccc2C)cc1. The molecule has 3 rings (SSSR count). The fourth-order valence-corrected chi connectivity index (χ4v) is 3.66. The Morgan fingerprint density at radius 3 is 2.52 bits per heavy atom. The molecule has 0 aliphatic carbocycles. The van der Waals surface area contributed by atoms with Crippen molar-refractivity contribution in [2.45, 2.75) is 32.0 Å². The van der Waals surface area contributed by atoms with Gasteiger partial charge in [-0.15, -0.1) is 10.2 Å². The summed E-state index contributed by atoms with van der Waals surface area (Å²) in [6.45, 7) is 4.79. The van der Waals surface area contributed by atoms with E-state index in [0.29, 0.717) is 12.3 Å². The first-order valence-corrected chi connectivity index (χ1v) is 9.97. The molecule has 0 fully saturated rings. The molecule has 2 aromatic carbocycles. The minimum Gasteiger partial charge on any atom is -0.341 e. The zero-order chi connectivity index (χ0) is 19.2. The molecule has 0 aliphatic rings. The Morgan fingerprint density at radius 1 is 1.11 bits per heavy atom. The number of benzene rings is 2. The lowest BCUT2D eigenvalue weighted by molar-refractivity contribution is -0.127. The summed E-state index contributed by atoms with van der Waals surface area (Å²) in [6, 6.07) is 16.5. The van der Waals surface area contributed by atoms with Gasteiger partial charge < -0.3 is 4.90 Å². The van der Waals surface area contributed by atoms with Crippen molar-refractivity contribution in [3.63, 3.8) is 0 Å². The van der Waals surface area contributed by atoms with Crippen LogP contribution in [0.5, 0.6) is 0 Å². The van der Waals surface area contributed by atoms with Crippen LogP contribution in [0.2, 0.25) is 0 Å². The van der Waals surface area contributed by atoms with Crippen LogP contribution in [0.4, 0.5) is 0 Å². The quantitative estimate of drug-likeness (QED) is 0.584. The molecule has 5 nitrogen and oxygen atoms in total. The van der Waals surface area contributed by atoms with Crippen molar-refractivity contribution in [3.8, 4) is 5.69 Å². The number of hydrogen-bond donors (Lipinski definition) is 0. The van der Waals surface area contributed by atoms with Crippen LogP contribution in [0, 0.1) is 6.92 Å². The van der Waals surface area contributed by atoms with Gasteiger partial charge >= 0.3 is 0 Å². The number of aromatic nitrogens is 3. The normalized spacial score (nSPS) is 10.8. The predicted molar refractivity (Wildman–Crippen MR) is 109 cm³/mol. The molecule has 0 bridgehead atoms. The van der Waals surface area contributed by atoms with Crippen molar-refractivity contribution < 1.29 is 4.79 Å². The van der Waals surface area contributed by atoms with E-state index in [1.807, 2.05) is 42.8 Å². The molecule has 140 valence electrons. The van der Waals surface area contributed by atoms with Crippen molar-refractivity contribution in [2.24, 2.45) is 0 Å². The Morgan fingerprint density at radius 2 is 1.81 bits per heavy atom. The topological polar surface area (TPSA) is 51.0 Å². The molecule has 1 aromatic heterocycles. The summed E-state index contributed by atoms with van der Waals surface area (Å²) >= 11 is 1.41. The van der Waals surface area contributed by atoms with Gasteiger partial charge in [0.15, 0.2) is 5.16 Å².